The second-order valence-corrected chi connectivity index (χ2v) is 5.57. The molecule has 0 amide bonds. The summed E-state index contributed by atoms with van der Waals surface area (Å²) in [6.45, 7) is 4.08. The lowest BCUT2D eigenvalue weighted by Crippen LogP contribution is -2.04. The van der Waals surface area contributed by atoms with E-state index >= 15 is 0 Å². The van der Waals surface area contributed by atoms with Gasteiger partial charge in [-0.15, -0.1) is 11.8 Å². The van der Waals surface area contributed by atoms with Crippen molar-refractivity contribution in [2.45, 2.75) is 30.5 Å². The monoisotopic (exact) mass is 258 g/mol. The molecule has 2 rings (SSSR count). The van der Waals surface area contributed by atoms with E-state index in [0.29, 0.717) is 0 Å². The Morgan fingerprint density at radius 1 is 1.28 bits per heavy atom. The van der Waals surface area contributed by atoms with Crippen LogP contribution in [0, 0.1) is 6.92 Å². The summed E-state index contributed by atoms with van der Waals surface area (Å²) in [6.07, 6.45) is 3.81. The van der Waals surface area contributed by atoms with E-state index in [-0.39, 0.29) is 6.04 Å². The molecule has 1 aromatic carbocycles. The number of hydrogen-bond acceptors (Lipinski definition) is 3. The summed E-state index contributed by atoms with van der Waals surface area (Å²) >= 11 is 1.82. The highest BCUT2D eigenvalue weighted by atomic mass is 32.2. The Morgan fingerprint density at radius 3 is 2.83 bits per heavy atom. The number of thioether (sulfide) groups is 1. The molecule has 0 spiro atoms. The standard InChI is InChI=1S/C15H18N2S/c1-11-6-13(9-17-8-11)10-18-15-5-3-4-14(7-15)12(2)16/h3-9,12H,10,16H2,1-2H3. The number of hydrogen-bond donors (Lipinski definition) is 1. The van der Waals surface area contributed by atoms with Crippen LogP contribution in [-0.4, -0.2) is 4.98 Å². The maximum atomic E-state index is 5.89. The Kier molecular flexibility index (Phi) is 4.39. The fraction of sp³-hybridized carbons (Fsp3) is 0.267. The molecule has 1 atom stereocenters. The second-order valence-electron chi connectivity index (χ2n) is 4.52. The number of aryl methyl sites for hydroxylation is 1. The molecular formula is C15H18N2S. The van der Waals surface area contributed by atoms with E-state index < -0.39 is 0 Å². The zero-order valence-electron chi connectivity index (χ0n) is 10.8. The van der Waals surface area contributed by atoms with Crippen LogP contribution in [0.2, 0.25) is 0 Å². The van der Waals surface area contributed by atoms with Gasteiger partial charge in [-0.3, -0.25) is 4.98 Å². The summed E-state index contributed by atoms with van der Waals surface area (Å²) in [5.41, 5.74) is 9.53. The first-order valence-electron chi connectivity index (χ1n) is 6.04. The first-order chi connectivity index (χ1) is 8.65. The van der Waals surface area contributed by atoms with E-state index in [2.05, 4.69) is 42.2 Å². The van der Waals surface area contributed by atoms with Crippen molar-refractivity contribution in [2.75, 3.05) is 0 Å². The second kappa shape index (κ2) is 6.03. The lowest BCUT2D eigenvalue weighted by molar-refractivity contribution is 0.815. The van der Waals surface area contributed by atoms with E-state index in [0.717, 1.165) is 5.75 Å². The molecule has 0 aliphatic heterocycles. The quantitative estimate of drug-likeness (QED) is 0.850. The Labute approximate surface area is 113 Å². The minimum absolute atomic E-state index is 0.0891. The fourth-order valence-corrected chi connectivity index (χ4v) is 2.64. The Balaban J connectivity index is 2.04. The third kappa shape index (κ3) is 3.59. The molecule has 0 saturated heterocycles. The van der Waals surface area contributed by atoms with Gasteiger partial charge in [0.25, 0.3) is 0 Å². The van der Waals surface area contributed by atoms with Gasteiger partial charge >= 0.3 is 0 Å². The summed E-state index contributed by atoms with van der Waals surface area (Å²) in [7, 11) is 0. The van der Waals surface area contributed by atoms with Gasteiger partial charge in [-0.05, 0) is 42.7 Å². The van der Waals surface area contributed by atoms with Crippen molar-refractivity contribution in [3.8, 4) is 0 Å². The van der Waals surface area contributed by atoms with Gasteiger partial charge in [0.1, 0.15) is 0 Å². The summed E-state index contributed by atoms with van der Waals surface area (Å²) in [5, 5.41) is 0. The average molecular weight is 258 g/mol. The molecule has 0 bridgehead atoms. The Bertz CT molecular complexity index is 523. The molecule has 3 heteroatoms. The van der Waals surface area contributed by atoms with E-state index in [1.165, 1.54) is 21.6 Å². The van der Waals surface area contributed by atoms with Crippen LogP contribution in [0.4, 0.5) is 0 Å². The van der Waals surface area contributed by atoms with Gasteiger partial charge in [-0.1, -0.05) is 18.2 Å². The minimum atomic E-state index is 0.0891. The van der Waals surface area contributed by atoms with Crippen molar-refractivity contribution in [1.82, 2.24) is 4.98 Å². The minimum Gasteiger partial charge on any atom is -0.324 e. The summed E-state index contributed by atoms with van der Waals surface area (Å²) in [5.74, 6) is 0.942. The molecule has 2 N–H and O–H groups in total. The molecule has 0 aliphatic carbocycles. The highest BCUT2D eigenvalue weighted by molar-refractivity contribution is 7.98. The zero-order chi connectivity index (χ0) is 13.0. The van der Waals surface area contributed by atoms with Crippen LogP contribution in [0.1, 0.15) is 29.7 Å². The van der Waals surface area contributed by atoms with Crippen LogP contribution >= 0.6 is 11.8 Å². The van der Waals surface area contributed by atoms with Crippen LogP contribution < -0.4 is 5.73 Å². The molecule has 94 valence electrons. The summed E-state index contributed by atoms with van der Waals surface area (Å²) in [4.78, 5) is 5.46. The third-order valence-corrected chi connectivity index (χ3v) is 3.79. The molecule has 1 unspecified atom stereocenters. The van der Waals surface area contributed by atoms with Crippen LogP contribution in [0.15, 0.2) is 47.6 Å². The lowest BCUT2D eigenvalue weighted by atomic mass is 10.1. The molecule has 2 nitrogen and oxygen atoms in total. The van der Waals surface area contributed by atoms with E-state index in [1.807, 2.05) is 31.1 Å². The average Bonchev–Trinajstić information content (AvgIpc) is 2.37. The number of benzene rings is 1. The molecule has 1 heterocycles. The largest absolute Gasteiger partial charge is 0.324 e. The van der Waals surface area contributed by atoms with E-state index in [9.17, 15) is 0 Å². The smallest absolute Gasteiger partial charge is 0.0308 e. The van der Waals surface area contributed by atoms with Gasteiger partial charge in [-0.25, -0.2) is 0 Å². The predicted molar refractivity (Wildman–Crippen MR) is 77.6 cm³/mol. The predicted octanol–water partition coefficient (Wildman–Crippen LogP) is 3.70. The highest BCUT2D eigenvalue weighted by Gasteiger charge is 2.02. The van der Waals surface area contributed by atoms with Gasteiger partial charge in [0.05, 0.1) is 0 Å². The molecular weight excluding hydrogens is 240 g/mol. The number of nitrogens with two attached hydrogens (primary N) is 1. The van der Waals surface area contributed by atoms with Crippen molar-refractivity contribution in [3.05, 3.63) is 59.4 Å². The molecule has 2 aromatic rings. The highest BCUT2D eigenvalue weighted by Crippen LogP contribution is 2.25. The van der Waals surface area contributed by atoms with Crippen molar-refractivity contribution in [2.24, 2.45) is 5.73 Å². The molecule has 1 aromatic heterocycles. The van der Waals surface area contributed by atoms with Crippen LogP contribution in [-0.2, 0) is 5.75 Å². The van der Waals surface area contributed by atoms with Crippen molar-refractivity contribution in [3.63, 3.8) is 0 Å². The number of rotatable bonds is 4. The summed E-state index contributed by atoms with van der Waals surface area (Å²) in [6, 6.07) is 10.7. The zero-order valence-corrected chi connectivity index (χ0v) is 11.6. The van der Waals surface area contributed by atoms with E-state index in [4.69, 9.17) is 5.73 Å². The maximum Gasteiger partial charge on any atom is 0.0308 e. The van der Waals surface area contributed by atoms with Crippen molar-refractivity contribution < 1.29 is 0 Å². The third-order valence-electron chi connectivity index (χ3n) is 2.72. The van der Waals surface area contributed by atoms with Crippen molar-refractivity contribution in [1.29, 1.82) is 0 Å². The molecule has 0 radical (unpaired) electrons. The lowest BCUT2D eigenvalue weighted by Gasteiger charge is -2.08. The first kappa shape index (κ1) is 13.1. The van der Waals surface area contributed by atoms with E-state index in [1.54, 1.807) is 0 Å². The molecule has 18 heavy (non-hydrogen) atoms. The van der Waals surface area contributed by atoms with Crippen LogP contribution in [0.5, 0.6) is 0 Å². The molecule has 0 fully saturated rings. The van der Waals surface area contributed by atoms with Gasteiger partial charge in [0, 0.05) is 29.1 Å². The number of pyridine rings is 1. The van der Waals surface area contributed by atoms with Gasteiger partial charge in [-0.2, -0.15) is 0 Å². The normalized spacial score (nSPS) is 12.4. The van der Waals surface area contributed by atoms with Gasteiger partial charge < -0.3 is 5.73 Å². The molecule has 0 aliphatic rings. The Hall–Kier alpha value is -1.32. The number of nitrogens with zero attached hydrogens (tertiary/aromatic N) is 1. The maximum absolute atomic E-state index is 5.89. The SMILES string of the molecule is Cc1cncc(CSc2cccc(C(C)N)c2)c1. The van der Waals surface area contributed by atoms with Gasteiger partial charge in [0.2, 0.25) is 0 Å². The van der Waals surface area contributed by atoms with Gasteiger partial charge in [0.15, 0.2) is 0 Å². The van der Waals surface area contributed by atoms with Crippen molar-refractivity contribution >= 4 is 11.8 Å². The first-order valence-corrected chi connectivity index (χ1v) is 7.02. The summed E-state index contributed by atoms with van der Waals surface area (Å²) < 4.78 is 0. The van der Waals surface area contributed by atoms with Crippen LogP contribution in [0.3, 0.4) is 0 Å². The fourth-order valence-electron chi connectivity index (χ4n) is 1.75. The van der Waals surface area contributed by atoms with Crippen LogP contribution in [0.25, 0.3) is 0 Å². The number of aromatic nitrogens is 1. The molecule has 0 saturated carbocycles. The topological polar surface area (TPSA) is 38.9 Å². The Morgan fingerprint density at radius 2 is 2.11 bits per heavy atom.